The number of benzene rings is 2. The van der Waals surface area contributed by atoms with E-state index in [1.807, 2.05) is 0 Å². The number of amides is 1. The Labute approximate surface area is 181 Å². The number of halogens is 1. The summed E-state index contributed by atoms with van der Waals surface area (Å²) in [7, 11) is 3.14. The number of nitro benzene ring substituents is 1. The number of nitrogens with one attached hydrogen (secondary N) is 2. The first-order valence-corrected chi connectivity index (χ1v) is 9.98. The molecule has 0 spiro atoms. The third-order valence-corrected chi connectivity index (χ3v) is 5.24. The number of carbonyl (C=O) groups excluding carboxylic acids is 1. The van der Waals surface area contributed by atoms with Crippen molar-refractivity contribution in [1.29, 1.82) is 0 Å². The van der Waals surface area contributed by atoms with E-state index in [9.17, 15) is 19.3 Å². The second kappa shape index (κ2) is 9.89. The number of rotatable bonds is 9. The highest BCUT2D eigenvalue weighted by Gasteiger charge is 2.15. The summed E-state index contributed by atoms with van der Waals surface area (Å²) in [5.41, 5.74) is 0.945. The van der Waals surface area contributed by atoms with Crippen molar-refractivity contribution in [1.82, 2.24) is 14.8 Å². The Morgan fingerprint density at radius 3 is 2.68 bits per heavy atom. The van der Waals surface area contributed by atoms with Gasteiger partial charge in [-0.3, -0.25) is 14.9 Å². The largest absolute Gasteiger partial charge is 0.494 e. The summed E-state index contributed by atoms with van der Waals surface area (Å²) < 4.78 is 19.8. The zero-order chi connectivity index (χ0) is 22.4. The van der Waals surface area contributed by atoms with Gasteiger partial charge in [0.15, 0.2) is 11.0 Å². The van der Waals surface area contributed by atoms with Crippen LogP contribution in [0.4, 0.5) is 21.5 Å². The number of aromatic nitrogens is 3. The van der Waals surface area contributed by atoms with Crippen LogP contribution in [0.25, 0.3) is 0 Å². The molecule has 0 saturated heterocycles. The Morgan fingerprint density at radius 2 is 2.00 bits per heavy atom. The van der Waals surface area contributed by atoms with Gasteiger partial charge in [-0.15, -0.1) is 10.2 Å². The number of carbonyl (C=O) groups is 1. The molecule has 0 aliphatic rings. The van der Waals surface area contributed by atoms with Gasteiger partial charge < -0.3 is 19.9 Å². The van der Waals surface area contributed by atoms with E-state index in [0.717, 1.165) is 5.69 Å². The minimum absolute atomic E-state index is 0.0531. The van der Waals surface area contributed by atoms with Crippen LogP contribution in [0, 0.1) is 15.9 Å². The van der Waals surface area contributed by atoms with E-state index in [1.165, 1.54) is 49.2 Å². The van der Waals surface area contributed by atoms with Crippen LogP contribution in [0.5, 0.6) is 5.75 Å². The third kappa shape index (κ3) is 5.69. The first-order valence-electron chi connectivity index (χ1n) is 9.00. The molecule has 0 aliphatic carbocycles. The summed E-state index contributed by atoms with van der Waals surface area (Å²) in [4.78, 5) is 22.6. The molecule has 0 saturated carbocycles. The fourth-order valence-electron chi connectivity index (χ4n) is 2.59. The monoisotopic (exact) mass is 446 g/mol. The Balaban J connectivity index is 1.56. The van der Waals surface area contributed by atoms with Gasteiger partial charge in [0.25, 0.3) is 5.69 Å². The van der Waals surface area contributed by atoms with Gasteiger partial charge in [0.05, 0.1) is 36.1 Å². The van der Waals surface area contributed by atoms with E-state index in [4.69, 9.17) is 4.74 Å². The van der Waals surface area contributed by atoms with Crippen molar-refractivity contribution in [2.45, 2.75) is 11.7 Å². The van der Waals surface area contributed by atoms with Crippen LogP contribution in [0.2, 0.25) is 0 Å². The molecule has 10 nitrogen and oxygen atoms in total. The molecule has 0 aliphatic heterocycles. The fourth-order valence-corrected chi connectivity index (χ4v) is 3.32. The van der Waals surface area contributed by atoms with Gasteiger partial charge in [0, 0.05) is 18.8 Å². The molecule has 0 atom stereocenters. The van der Waals surface area contributed by atoms with E-state index in [1.54, 1.807) is 23.7 Å². The topological polar surface area (TPSA) is 124 Å². The van der Waals surface area contributed by atoms with Crippen molar-refractivity contribution < 1.29 is 18.8 Å². The molecular weight excluding hydrogens is 427 g/mol. The van der Waals surface area contributed by atoms with Crippen LogP contribution in [-0.2, 0) is 18.4 Å². The Kier molecular flexibility index (Phi) is 7.03. The maximum atomic E-state index is 13.0. The summed E-state index contributed by atoms with van der Waals surface area (Å²) >= 11 is 1.19. The van der Waals surface area contributed by atoms with E-state index >= 15 is 0 Å². The number of non-ortho nitro benzene ring substituents is 1. The molecule has 1 heterocycles. The van der Waals surface area contributed by atoms with Crippen LogP contribution in [0.1, 0.15) is 5.82 Å². The molecule has 3 rings (SSSR count). The Bertz CT molecular complexity index is 1090. The van der Waals surface area contributed by atoms with Crippen molar-refractivity contribution in [3.63, 3.8) is 0 Å². The van der Waals surface area contributed by atoms with Crippen LogP contribution in [0.15, 0.2) is 47.6 Å². The second-order valence-electron chi connectivity index (χ2n) is 6.30. The minimum atomic E-state index is -0.541. The standard InChI is InChI=1S/C19H19FN6O4S/c1-25-17(10-21-13-5-3-12(20)4-6-13)23-24-19(25)31-11-18(27)22-15-8-7-14(26(28)29)9-16(15)30-2/h3-9,21H,10-11H2,1-2H3,(H,22,27). The normalized spacial score (nSPS) is 10.5. The van der Waals surface area contributed by atoms with E-state index in [-0.39, 0.29) is 28.9 Å². The molecule has 162 valence electrons. The smallest absolute Gasteiger partial charge is 0.273 e. The summed E-state index contributed by atoms with van der Waals surface area (Å²) in [5, 5.41) is 25.4. The van der Waals surface area contributed by atoms with Crippen molar-refractivity contribution in [2.75, 3.05) is 23.5 Å². The summed E-state index contributed by atoms with van der Waals surface area (Å²) in [6, 6.07) is 9.91. The molecule has 0 unspecified atom stereocenters. The molecule has 12 heteroatoms. The average molecular weight is 446 g/mol. The third-order valence-electron chi connectivity index (χ3n) is 4.22. The van der Waals surface area contributed by atoms with Gasteiger partial charge in [0.2, 0.25) is 5.91 Å². The van der Waals surface area contributed by atoms with Crippen LogP contribution in [0.3, 0.4) is 0 Å². The van der Waals surface area contributed by atoms with Crippen LogP contribution >= 0.6 is 11.8 Å². The summed E-state index contributed by atoms with van der Waals surface area (Å²) in [6.07, 6.45) is 0. The second-order valence-corrected chi connectivity index (χ2v) is 7.24. The van der Waals surface area contributed by atoms with Crippen LogP contribution in [-0.4, -0.2) is 38.5 Å². The van der Waals surface area contributed by atoms with E-state index in [0.29, 0.717) is 23.2 Å². The maximum absolute atomic E-state index is 13.0. The fraction of sp³-hybridized carbons (Fsp3) is 0.211. The van der Waals surface area contributed by atoms with Crippen molar-refractivity contribution >= 4 is 34.7 Å². The average Bonchev–Trinajstić information content (AvgIpc) is 3.11. The molecule has 1 aromatic heterocycles. The minimum Gasteiger partial charge on any atom is -0.494 e. The van der Waals surface area contributed by atoms with Crippen molar-refractivity contribution in [3.8, 4) is 5.75 Å². The lowest BCUT2D eigenvalue weighted by molar-refractivity contribution is -0.384. The van der Waals surface area contributed by atoms with Gasteiger partial charge in [-0.25, -0.2) is 4.39 Å². The molecule has 3 aromatic rings. The lowest BCUT2D eigenvalue weighted by atomic mass is 10.2. The van der Waals surface area contributed by atoms with Crippen molar-refractivity contribution in [3.05, 3.63) is 64.2 Å². The Morgan fingerprint density at radius 1 is 1.26 bits per heavy atom. The van der Waals surface area contributed by atoms with Crippen molar-refractivity contribution in [2.24, 2.45) is 7.05 Å². The predicted octanol–water partition coefficient (Wildman–Crippen LogP) is 3.21. The molecule has 31 heavy (non-hydrogen) atoms. The lowest BCUT2D eigenvalue weighted by Gasteiger charge is -2.10. The molecule has 0 fully saturated rings. The number of nitro groups is 1. The first kappa shape index (κ1) is 22.0. The van der Waals surface area contributed by atoms with Gasteiger partial charge in [-0.05, 0) is 30.3 Å². The number of hydrogen-bond acceptors (Lipinski definition) is 8. The molecule has 0 radical (unpaired) electrons. The lowest BCUT2D eigenvalue weighted by Crippen LogP contribution is -2.15. The highest BCUT2D eigenvalue weighted by Crippen LogP contribution is 2.29. The van der Waals surface area contributed by atoms with Gasteiger partial charge >= 0.3 is 0 Å². The zero-order valence-corrected chi connectivity index (χ0v) is 17.5. The number of ether oxygens (including phenoxy) is 1. The van der Waals surface area contributed by atoms with Gasteiger partial charge in [-0.2, -0.15) is 0 Å². The highest BCUT2D eigenvalue weighted by atomic mass is 32.2. The number of hydrogen-bond donors (Lipinski definition) is 2. The summed E-state index contributed by atoms with van der Waals surface area (Å²) in [6.45, 7) is 0.377. The summed E-state index contributed by atoms with van der Waals surface area (Å²) in [5.74, 6) is 0.251. The van der Waals surface area contributed by atoms with Crippen LogP contribution < -0.4 is 15.4 Å². The molecule has 2 N–H and O–H groups in total. The quantitative estimate of drug-likeness (QED) is 0.292. The predicted molar refractivity (Wildman–Crippen MR) is 114 cm³/mol. The number of nitrogens with zero attached hydrogens (tertiary/aromatic N) is 4. The molecule has 0 bridgehead atoms. The highest BCUT2D eigenvalue weighted by molar-refractivity contribution is 7.99. The Hall–Kier alpha value is -3.67. The zero-order valence-electron chi connectivity index (χ0n) is 16.7. The molecule has 2 aromatic carbocycles. The SMILES string of the molecule is COc1cc([N+](=O)[O-])ccc1NC(=O)CSc1nnc(CNc2ccc(F)cc2)n1C. The first-order chi connectivity index (χ1) is 14.9. The number of methoxy groups -OCH3 is 1. The molecular formula is C19H19FN6O4S. The number of anilines is 2. The molecule has 1 amide bonds. The van der Waals surface area contributed by atoms with Gasteiger partial charge in [-0.1, -0.05) is 11.8 Å². The maximum Gasteiger partial charge on any atom is 0.273 e. The van der Waals surface area contributed by atoms with Gasteiger partial charge in [0.1, 0.15) is 11.6 Å². The number of thioether (sulfide) groups is 1. The van der Waals surface area contributed by atoms with E-state index < -0.39 is 4.92 Å². The van der Waals surface area contributed by atoms with E-state index in [2.05, 4.69) is 20.8 Å².